The van der Waals surface area contributed by atoms with Gasteiger partial charge in [0.2, 0.25) is 5.75 Å². The van der Waals surface area contributed by atoms with Crippen molar-refractivity contribution in [2.24, 2.45) is 0 Å². The van der Waals surface area contributed by atoms with Crippen molar-refractivity contribution in [2.45, 2.75) is 26.3 Å². The first-order valence-corrected chi connectivity index (χ1v) is 11.1. The average Bonchev–Trinajstić information content (AvgIpc) is 3.23. The number of nitrogens with one attached hydrogen (secondary N) is 1. The van der Waals surface area contributed by atoms with Crippen LogP contribution in [0.4, 0.5) is 0 Å². The second-order valence-corrected chi connectivity index (χ2v) is 7.83. The number of ketones is 1. The summed E-state index contributed by atoms with van der Waals surface area (Å²) in [4.78, 5) is 17.0. The molecule has 0 aliphatic heterocycles. The lowest BCUT2D eigenvalue weighted by Gasteiger charge is -2.12. The van der Waals surface area contributed by atoms with Gasteiger partial charge < -0.3 is 36.2 Å². The number of hydrogen-bond donors (Lipinski definition) is 1. The molecule has 0 aliphatic rings. The fourth-order valence-electron chi connectivity index (χ4n) is 4.13. The van der Waals surface area contributed by atoms with Crippen molar-refractivity contribution < 1.29 is 40.6 Å². The molecule has 6 nitrogen and oxygen atoms in total. The van der Waals surface area contributed by atoms with E-state index in [-0.39, 0.29) is 22.8 Å². The molecule has 0 atom stereocenters. The van der Waals surface area contributed by atoms with Crippen LogP contribution in [0.25, 0.3) is 27.9 Å². The number of para-hydroxylation sites is 1. The summed E-state index contributed by atoms with van der Waals surface area (Å²) >= 11 is 0. The van der Waals surface area contributed by atoms with Crippen molar-refractivity contribution in [3.05, 3.63) is 66.0 Å². The molecule has 0 radical (unpaired) electrons. The molecule has 0 unspecified atom stereocenters. The Morgan fingerprint density at radius 2 is 1.71 bits per heavy atom. The van der Waals surface area contributed by atoms with E-state index in [2.05, 4.69) is 24.0 Å². The minimum atomic E-state index is -0.0722. The molecule has 0 spiro atoms. The van der Waals surface area contributed by atoms with E-state index in [0.29, 0.717) is 22.9 Å². The molecule has 0 aliphatic carbocycles. The number of methoxy groups -OCH3 is 3. The largest absolute Gasteiger partial charge is 1.00 e. The molecule has 0 saturated carbocycles. The van der Waals surface area contributed by atoms with E-state index < -0.39 is 0 Å². The number of H-pyrrole nitrogens is 1. The van der Waals surface area contributed by atoms with Gasteiger partial charge in [0.05, 0.1) is 21.3 Å². The summed E-state index contributed by atoms with van der Waals surface area (Å²) < 4.78 is 18.3. The molecular formula is C27H29BrN2O4. The molecule has 178 valence electrons. The number of ether oxygens (including phenoxy) is 3. The molecule has 0 amide bonds. The Hall–Kier alpha value is -3.32. The molecule has 0 bridgehead atoms. The Morgan fingerprint density at radius 3 is 2.35 bits per heavy atom. The first-order valence-electron chi connectivity index (χ1n) is 11.1. The zero-order valence-electron chi connectivity index (χ0n) is 19.9. The number of carbonyl (C=O) groups is 1. The molecular weight excluding hydrogens is 496 g/mol. The average molecular weight is 525 g/mol. The summed E-state index contributed by atoms with van der Waals surface area (Å²) in [6.45, 7) is 2.93. The Balaban J connectivity index is 0.00000324. The molecule has 0 fully saturated rings. The highest BCUT2D eigenvalue weighted by Crippen LogP contribution is 2.38. The summed E-state index contributed by atoms with van der Waals surface area (Å²) in [5.74, 6) is 1.53. The lowest BCUT2D eigenvalue weighted by molar-refractivity contribution is -0.697. The number of aryl methyl sites for hydroxylation is 1. The quantitative estimate of drug-likeness (QED) is 0.207. The molecule has 4 aromatic rings. The number of nitrogens with zero attached hydrogens (tertiary/aromatic N) is 1. The van der Waals surface area contributed by atoms with E-state index in [1.165, 1.54) is 0 Å². The van der Waals surface area contributed by atoms with Gasteiger partial charge in [-0.25, -0.2) is 0 Å². The van der Waals surface area contributed by atoms with Gasteiger partial charge in [-0.2, -0.15) is 4.57 Å². The maximum atomic E-state index is 13.5. The SMILES string of the molecule is CCCC[n+]1ccc2c([nH]c3ccccc32)c1C(=O)/C=C/c1cc(OC)c(OC)c(OC)c1.[Br-]. The lowest BCUT2D eigenvalue weighted by atomic mass is 10.1. The number of fused-ring (bicyclic) bond motifs is 3. The van der Waals surface area contributed by atoms with E-state index in [9.17, 15) is 4.79 Å². The maximum Gasteiger partial charge on any atom is 0.277 e. The molecule has 2 aromatic heterocycles. The maximum absolute atomic E-state index is 13.5. The smallest absolute Gasteiger partial charge is 0.277 e. The first-order chi connectivity index (χ1) is 16.1. The Kier molecular flexibility index (Phi) is 8.34. The monoisotopic (exact) mass is 524 g/mol. The van der Waals surface area contributed by atoms with Gasteiger partial charge in [-0.1, -0.05) is 37.6 Å². The van der Waals surface area contributed by atoms with Crippen molar-refractivity contribution in [1.29, 1.82) is 0 Å². The number of carbonyl (C=O) groups excluding carboxylic acids is 1. The van der Waals surface area contributed by atoms with Crippen molar-refractivity contribution in [1.82, 2.24) is 4.98 Å². The van der Waals surface area contributed by atoms with Crippen molar-refractivity contribution in [2.75, 3.05) is 21.3 Å². The van der Waals surface area contributed by atoms with Crippen LogP contribution in [0.2, 0.25) is 0 Å². The zero-order chi connectivity index (χ0) is 23.4. The van der Waals surface area contributed by atoms with Crippen LogP contribution < -0.4 is 35.8 Å². The Labute approximate surface area is 209 Å². The van der Waals surface area contributed by atoms with Crippen molar-refractivity contribution >= 4 is 33.7 Å². The third-order valence-electron chi connectivity index (χ3n) is 5.79. The molecule has 4 rings (SSSR count). The van der Waals surface area contributed by atoms with Gasteiger partial charge in [0.15, 0.2) is 17.7 Å². The van der Waals surface area contributed by atoms with Gasteiger partial charge in [-0.15, -0.1) is 0 Å². The predicted molar refractivity (Wildman–Crippen MR) is 130 cm³/mol. The number of halogens is 1. The van der Waals surface area contributed by atoms with Crippen LogP contribution in [0.3, 0.4) is 0 Å². The minimum Gasteiger partial charge on any atom is -1.00 e. The van der Waals surface area contributed by atoms with Gasteiger partial charge in [0.1, 0.15) is 12.1 Å². The van der Waals surface area contributed by atoms with Gasteiger partial charge in [-0.3, -0.25) is 4.79 Å². The van der Waals surface area contributed by atoms with Crippen LogP contribution >= 0.6 is 0 Å². The summed E-state index contributed by atoms with van der Waals surface area (Å²) in [6, 6.07) is 13.8. The second-order valence-electron chi connectivity index (χ2n) is 7.83. The molecule has 7 heteroatoms. The number of unbranched alkanes of at least 4 members (excludes halogenated alkanes) is 1. The van der Waals surface area contributed by atoms with Crippen LogP contribution in [-0.4, -0.2) is 32.1 Å². The highest BCUT2D eigenvalue weighted by atomic mass is 79.9. The van der Waals surface area contributed by atoms with E-state index in [1.807, 2.05) is 41.1 Å². The molecule has 2 heterocycles. The standard InChI is InChI=1S/C27H28N2O4.BrH/c1-5-6-14-29-15-13-20-19-9-7-8-10-21(19)28-25(20)26(29)22(30)12-11-18-16-23(31-2)27(33-4)24(17-18)32-3;/h7-13,15-17H,5-6,14H2,1-4H3;1H/b12-11+;. The van der Waals surface area contributed by atoms with E-state index in [4.69, 9.17) is 14.2 Å². The van der Waals surface area contributed by atoms with Crippen LogP contribution in [0.5, 0.6) is 17.2 Å². The fourth-order valence-corrected chi connectivity index (χ4v) is 4.13. The topological polar surface area (TPSA) is 64.4 Å². The number of aromatic nitrogens is 2. The first kappa shape index (κ1) is 25.3. The summed E-state index contributed by atoms with van der Waals surface area (Å²) in [7, 11) is 4.71. The summed E-state index contributed by atoms with van der Waals surface area (Å²) in [5, 5.41) is 2.15. The van der Waals surface area contributed by atoms with Gasteiger partial charge in [-0.05, 0) is 29.8 Å². The zero-order valence-corrected chi connectivity index (χ0v) is 21.4. The summed E-state index contributed by atoms with van der Waals surface area (Å²) in [5.41, 5.74) is 3.31. The highest BCUT2D eigenvalue weighted by molar-refractivity contribution is 6.16. The number of aromatic amines is 1. The summed E-state index contributed by atoms with van der Waals surface area (Å²) in [6.07, 6.45) is 7.43. The van der Waals surface area contributed by atoms with Crippen LogP contribution in [0, 0.1) is 0 Å². The highest BCUT2D eigenvalue weighted by Gasteiger charge is 2.24. The van der Waals surface area contributed by atoms with Gasteiger partial charge in [0.25, 0.3) is 11.5 Å². The van der Waals surface area contributed by atoms with Crippen LogP contribution in [0.1, 0.15) is 35.8 Å². The number of allylic oxidation sites excluding steroid dienone is 1. The predicted octanol–water partition coefficient (Wildman–Crippen LogP) is 2.33. The van der Waals surface area contributed by atoms with Crippen LogP contribution in [0.15, 0.2) is 54.7 Å². The molecule has 0 saturated heterocycles. The lowest BCUT2D eigenvalue weighted by Crippen LogP contribution is -3.00. The van der Waals surface area contributed by atoms with E-state index in [0.717, 1.165) is 46.8 Å². The molecule has 2 aromatic carbocycles. The third-order valence-corrected chi connectivity index (χ3v) is 5.79. The fraction of sp³-hybridized carbons (Fsp3) is 0.259. The number of hydrogen-bond acceptors (Lipinski definition) is 4. The normalized spacial score (nSPS) is 11.1. The number of rotatable bonds is 9. The van der Waals surface area contributed by atoms with E-state index >= 15 is 0 Å². The van der Waals surface area contributed by atoms with Crippen LogP contribution in [-0.2, 0) is 6.54 Å². The minimum absolute atomic E-state index is 0. The number of pyridine rings is 1. The molecule has 1 N–H and O–H groups in total. The van der Waals surface area contributed by atoms with Crippen molar-refractivity contribution in [3.63, 3.8) is 0 Å². The van der Waals surface area contributed by atoms with Gasteiger partial charge in [0, 0.05) is 28.8 Å². The van der Waals surface area contributed by atoms with Crippen molar-refractivity contribution in [3.8, 4) is 17.2 Å². The van der Waals surface area contributed by atoms with E-state index in [1.54, 1.807) is 33.5 Å². The van der Waals surface area contributed by atoms with Gasteiger partial charge >= 0.3 is 0 Å². The Bertz CT molecular complexity index is 1320. The molecule has 34 heavy (non-hydrogen) atoms. The number of benzene rings is 2. The Morgan fingerprint density at radius 1 is 1.00 bits per heavy atom. The third kappa shape index (κ3) is 4.80. The second kappa shape index (κ2) is 11.2.